The molecule has 0 bridgehead atoms. The van der Waals surface area contributed by atoms with Gasteiger partial charge in [-0.1, -0.05) is 24.3 Å². The van der Waals surface area contributed by atoms with Gasteiger partial charge in [-0.05, 0) is 54.6 Å². The molecule has 1 unspecified atom stereocenters. The molecule has 2 aromatic carbocycles. The minimum Gasteiger partial charge on any atom is -0.454 e. The lowest BCUT2D eigenvalue weighted by atomic mass is 9.83. The van der Waals surface area contributed by atoms with Crippen molar-refractivity contribution in [1.82, 2.24) is 5.32 Å². The van der Waals surface area contributed by atoms with E-state index in [-0.39, 0.29) is 0 Å². The van der Waals surface area contributed by atoms with E-state index in [1.807, 2.05) is 18.2 Å². The molecule has 124 valence electrons. The van der Waals surface area contributed by atoms with Crippen LogP contribution >= 0.6 is 0 Å². The van der Waals surface area contributed by atoms with Crippen LogP contribution in [-0.2, 0) is 0 Å². The molecular formula is C20H22N2O2. The van der Waals surface area contributed by atoms with Gasteiger partial charge in [0.1, 0.15) is 0 Å². The average Bonchev–Trinajstić information content (AvgIpc) is 3.12. The first-order valence-electron chi connectivity index (χ1n) is 8.12. The van der Waals surface area contributed by atoms with Gasteiger partial charge >= 0.3 is 0 Å². The summed E-state index contributed by atoms with van der Waals surface area (Å²) in [5.74, 6) is 2.18. The largest absolute Gasteiger partial charge is 0.454 e. The van der Waals surface area contributed by atoms with E-state index in [4.69, 9.17) is 15.2 Å². The first kappa shape index (κ1) is 16.2. The fraction of sp³-hybridized carbons (Fsp3) is 0.300. The van der Waals surface area contributed by atoms with Gasteiger partial charge in [0, 0.05) is 11.7 Å². The van der Waals surface area contributed by atoms with Gasteiger partial charge in [-0.25, -0.2) is 0 Å². The second-order valence-electron chi connectivity index (χ2n) is 5.97. The third-order valence-corrected chi connectivity index (χ3v) is 4.64. The monoisotopic (exact) mass is 322 g/mol. The number of para-hydroxylation sites is 1. The number of rotatable bonds is 2. The van der Waals surface area contributed by atoms with Gasteiger partial charge in [-0.3, -0.25) is 0 Å². The molecule has 4 nitrogen and oxygen atoms in total. The fourth-order valence-electron chi connectivity index (χ4n) is 3.47. The highest BCUT2D eigenvalue weighted by molar-refractivity contribution is 5.49. The van der Waals surface area contributed by atoms with Gasteiger partial charge < -0.3 is 20.5 Å². The summed E-state index contributed by atoms with van der Waals surface area (Å²) in [7, 11) is 0. The van der Waals surface area contributed by atoms with Crippen molar-refractivity contribution in [2.24, 2.45) is 0 Å². The summed E-state index contributed by atoms with van der Waals surface area (Å²) < 4.78 is 10.9. The molecule has 3 N–H and O–H groups in total. The molecule has 0 radical (unpaired) electrons. The van der Waals surface area contributed by atoms with Gasteiger partial charge in [-0.2, -0.15) is 0 Å². The fourth-order valence-corrected chi connectivity index (χ4v) is 3.47. The lowest BCUT2D eigenvalue weighted by Crippen LogP contribution is -2.31. The summed E-state index contributed by atoms with van der Waals surface area (Å²) >= 11 is 0. The minimum absolute atomic E-state index is 0.319. The van der Waals surface area contributed by atoms with E-state index in [1.165, 1.54) is 11.1 Å². The van der Waals surface area contributed by atoms with Crippen LogP contribution in [0.15, 0.2) is 42.5 Å². The molecule has 0 aliphatic carbocycles. The summed E-state index contributed by atoms with van der Waals surface area (Å²) in [5, 5.41) is 3.61. The molecular weight excluding hydrogens is 300 g/mol. The van der Waals surface area contributed by atoms with Crippen molar-refractivity contribution in [1.29, 1.82) is 0 Å². The Kier molecular flexibility index (Phi) is 4.93. The highest BCUT2D eigenvalue weighted by atomic mass is 16.7. The van der Waals surface area contributed by atoms with Crippen LogP contribution in [0.1, 0.15) is 35.9 Å². The number of nitrogens with two attached hydrogens (primary N) is 1. The van der Waals surface area contributed by atoms with Crippen LogP contribution in [0.4, 0.5) is 5.69 Å². The normalized spacial score (nSPS) is 21.6. The number of piperidine rings is 1. The van der Waals surface area contributed by atoms with Crippen molar-refractivity contribution in [3.8, 4) is 24.3 Å². The number of nitrogens with one attached hydrogen (secondary N) is 1. The molecule has 1 saturated heterocycles. The molecule has 4 rings (SSSR count). The topological polar surface area (TPSA) is 56.5 Å². The van der Waals surface area contributed by atoms with Crippen LogP contribution in [0.25, 0.3) is 0 Å². The first-order valence-corrected chi connectivity index (χ1v) is 8.12. The van der Waals surface area contributed by atoms with Gasteiger partial charge in [0.25, 0.3) is 0 Å². The summed E-state index contributed by atoms with van der Waals surface area (Å²) in [4.78, 5) is 0. The number of benzene rings is 2. The molecule has 2 aliphatic heterocycles. The van der Waals surface area contributed by atoms with E-state index in [0.717, 1.165) is 36.6 Å². The van der Waals surface area contributed by atoms with Gasteiger partial charge in [-0.15, -0.1) is 12.8 Å². The van der Waals surface area contributed by atoms with E-state index in [1.54, 1.807) is 0 Å². The molecule has 0 saturated carbocycles. The Hall–Kier alpha value is -2.64. The predicted octanol–water partition coefficient (Wildman–Crippen LogP) is 3.46. The van der Waals surface area contributed by atoms with E-state index in [2.05, 4.69) is 42.4 Å². The molecule has 4 heteroatoms. The van der Waals surface area contributed by atoms with Crippen molar-refractivity contribution in [2.75, 3.05) is 19.1 Å². The van der Waals surface area contributed by atoms with Gasteiger partial charge in [0.05, 0.1) is 0 Å². The SMILES string of the molecule is C#C.Nc1ccccc1C1CCN[C@H](c2ccc3c(c2)OCO3)C1. The zero-order chi connectivity index (χ0) is 16.9. The smallest absolute Gasteiger partial charge is 0.231 e. The van der Waals surface area contributed by atoms with Gasteiger partial charge in [0.2, 0.25) is 6.79 Å². The minimum atomic E-state index is 0.319. The Morgan fingerprint density at radius 3 is 2.67 bits per heavy atom. The van der Waals surface area contributed by atoms with Crippen molar-refractivity contribution < 1.29 is 9.47 Å². The second kappa shape index (κ2) is 7.29. The Balaban J connectivity index is 0.000000815. The van der Waals surface area contributed by atoms with E-state index in [0.29, 0.717) is 18.8 Å². The average molecular weight is 322 g/mol. The first-order chi connectivity index (χ1) is 11.8. The maximum absolute atomic E-state index is 6.15. The lowest BCUT2D eigenvalue weighted by Gasteiger charge is -2.31. The van der Waals surface area contributed by atoms with Crippen molar-refractivity contribution in [3.63, 3.8) is 0 Å². The number of hydrogen-bond donors (Lipinski definition) is 2. The van der Waals surface area contributed by atoms with Crippen LogP contribution in [0.2, 0.25) is 0 Å². The molecule has 2 heterocycles. The molecule has 2 aliphatic rings. The number of nitrogen functional groups attached to an aromatic ring is 1. The van der Waals surface area contributed by atoms with Crippen LogP contribution in [-0.4, -0.2) is 13.3 Å². The highest BCUT2D eigenvalue weighted by Crippen LogP contribution is 2.39. The molecule has 2 atom stereocenters. The molecule has 1 fully saturated rings. The summed E-state index contributed by atoms with van der Waals surface area (Å²) in [6.07, 6.45) is 10.2. The summed E-state index contributed by atoms with van der Waals surface area (Å²) in [5.41, 5.74) is 9.58. The lowest BCUT2D eigenvalue weighted by molar-refractivity contribution is 0.174. The van der Waals surface area contributed by atoms with Gasteiger partial charge in [0.15, 0.2) is 11.5 Å². The quantitative estimate of drug-likeness (QED) is 0.657. The van der Waals surface area contributed by atoms with Crippen molar-refractivity contribution in [2.45, 2.75) is 24.8 Å². The van der Waals surface area contributed by atoms with Crippen LogP contribution in [0, 0.1) is 12.8 Å². The zero-order valence-electron chi connectivity index (χ0n) is 13.6. The maximum Gasteiger partial charge on any atom is 0.231 e. The molecule has 0 aromatic heterocycles. The number of hydrogen-bond acceptors (Lipinski definition) is 4. The second-order valence-corrected chi connectivity index (χ2v) is 5.97. The Bertz CT molecular complexity index is 727. The maximum atomic E-state index is 6.15. The third-order valence-electron chi connectivity index (χ3n) is 4.64. The van der Waals surface area contributed by atoms with Crippen molar-refractivity contribution >= 4 is 5.69 Å². The molecule has 2 aromatic rings. The molecule has 24 heavy (non-hydrogen) atoms. The molecule has 0 amide bonds. The Morgan fingerprint density at radius 1 is 1.04 bits per heavy atom. The standard InChI is InChI=1S/C18H20N2O2.C2H2/c19-15-4-2-1-3-14(15)12-7-8-20-16(9-12)13-5-6-17-18(10-13)22-11-21-17;1-2/h1-6,10,12,16,20H,7-9,11,19H2;1-2H/t12?,16-;/m0./s1. The summed E-state index contributed by atoms with van der Waals surface area (Å²) in [6, 6.07) is 14.8. The number of anilines is 1. The van der Waals surface area contributed by atoms with Crippen molar-refractivity contribution in [3.05, 3.63) is 53.6 Å². The van der Waals surface area contributed by atoms with Crippen LogP contribution < -0.4 is 20.5 Å². The third kappa shape index (κ3) is 3.17. The zero-order valence-corrected chi connectivity index (χ0v) is 13.6. The Labute approximate surface area is 143 Å². The van der Waals surface area contributed by atoms with E-state index in [9.17, 15) is 0 Å². The van der Waals surface area contributed by atoms with E-state index < -0.39 is 0 Å². The predicted molar refractivity (Wildman–Crippen MR) is 96.0 cm³/mol. The van der Waals surface area contributed by atoms with Crippen LogP contribution in [0.3, 0.4) is 0 Å². The number of ether oxygens (including phenoxy) is 2. The molecule has 0 spiro atoms. The highest BCUT2D eigenvalue weighted by Gasteiger charge is 2.26. The Morgan fingerprint density at radius 2 is 1.83 bits per heavy atom. The van der Waals surface area contributed by atoms with Crippen LogP contribution in [0.5, 0.6) is 11.5 Å². The number of fused-ring (bicyclic) bond motifs is 1. The summed E-state index contributed by atoms with van der Waals surface area (Å²) in [6.45, 7) is 1.32. The number of terminal acetylenes is 1. The van der Waals surface area contributed by atoms with E-state index >= 15 is 0 Å².